The van der Waals surface area contributed by atoms with Gasteiger partial charge in [0.25, 0.3) is 0 Å². The second kappa shape index (κ2) is 8.40. The largest absolute Gasteiger partial charge is 0.507 e. The lowest BCUT2D eigenvalue weighted by Gasteiger charge is -2.33. The van der Waals surface area contributed by atoms with E-state index >= 15 is 0 Å². The van der Waals surface area contributed by atoms with Crippen LogP contribution in [0.5, 0.6) is 23.0 Å². The number of carbonyl (C=O) groups excluding carboxylic acids is 1. The molecule has 6 heteroatoms. The molecule has 0 spiro atoms. The third-order valence-corrected chi connectivity index (χ3v) is 5.94. The summed E-state index contributed by atoms with van der Waals surface area (Å²) in [4.78, 5) is 15.3. The van der Waals surface area contributed by atoms with Gasteiger partial charge in [-0.3, -0.25) is 9.69 Å². The highest BCUT2D eigenvalue weighted by molar-refractivity contribution is 6.15. The number of benzene rings is 2. The summed E-state index contributed by atoms with van der Waals surface area (Å²) >= 11 is 0. The number of methoxy groups -OCH3 is 2. The number of phenolic OH excluding ortho intramolecular Hbond substituents is 1. The van der Waals surface area contributed by atoms with Crippen LogP contribution in [-0.4, -0.2) is 42.6 Å². The van der Waals surface area contributed by atoms with Crippen molar-refractivity contribution in [1.29, 1.82) is 0 Å². The summed E-state index contributed by atoms with van der Waals surface area (Å²) in [6.45, 7) is 3.73. The average molecular weight is 409 g/mol. The highest BCUT2D eigenvalue weighted by atomic mass is 16.5. The van der Waals surface area contributed by atoms with Crippen molar-refractivity contribution in [1.82, 2.24) is 4.90 Å². The molecule has 30 heavy (non-hydrogen) atoms. The molecule has 2 aromatic carbocycles. The van der Waals surface area contributed by atoms with Crippen LogP contribution < -0.4 is 14.2 Å². The van der Waals surface area contributed by atoms with Crippen molar-refractivity contribution in [3.8, 4) is 23.0 Å². The topological polar surface area (TPSA) is 68.2 Å². The molecule has 1 atom stereocenters. The number of aromatic hydroxyl groups is 1. The smallest absolute Gasteiger partial charge is 0.231 e. The van der Waals surface area contributed by atoms with Crippen molar-refractivity contribution in [3.63, 3.8) is 0 Å². The van der Waals surface area contributed by atoms with E-state index in [0.29, 0.717) is 46.5 Å². The predicted molar refractivity (Wildman–Crippen MR) is 114 cm³/mol. The molecule has 1 fully saturated rings. The van der Waals surface area contributed by atoms with Gasteiger partial charge in [-0.1, -0.05) is 6.42 Å². The Balaban J connectivity index is 1.69. The predicted octanol–water partition coefficient (Wildman–Crippen LogP) is 4.40. The number of ketones is 1. The molecular formula is C24H27NO5. The summed E-state index contributed by atoms with van der Waals surface area (Å²) in [5.41, 5.74) is 1.82. The van der Waals surface area contributed by atoms with Crippen LogP contribution in [0.1, 0.15) is 47.7 Å². The molecule has 2 aliphatic heterocycles. The number of nitrogens with zero attached hydrogens (tertiary/aromatic N) is 1. The van der Waals surface area contributed by atoms with Crippen molar-refractivity contribution in [3.05, 3.63) is 52.8 Å². The minimum absolute atomic E-state index is 0.152. The number of phenols is 1. The number of Topliss-reactive ketones (excluding diaryl/α,β-unsaturated/α-hetero) is 1. The van der Waals surface area contributed by atoms with Gasteiger partial charge in [-0.2, -0.15) is 0 Å². The van der Waals surface area contributed by atoms with Gasteiger partial charge < -0.3 is 19.3 Å². The molecule has 0 aliphatic carbocycles. The molecule has 6 nitrogen and oxygen atoms in total. The Kier molecular flexibility index (Phi) is 5.68. The summed E-state index contributed by atoms with van der Waals surface area (Å²) in [5, 5.41) is 10.5. The van der Waals surface area contributed by atoms with Crippen molar-refractivity contribution in [2.24, 2.45) is 0 Å². The molecule has 0 unspecified atom stereocenters. The second-order valence-electron chi connectivity index (χ2n) is 7.80. The molecule has 2 heterocycles. The fourth-order valence-electron chi connectivity index (χ4n) is 4.14. The van der Waals surface area contributed by atoms with E-state index in [1.807, 2.05) is 0 Å². The summed E-state index contributed by atoms with van der Waals surface area (Å²) in [6, 6.07) is 9.01. The van der Waals surface area contributed by atoms with E-state index in [0.717, 1.165) is 19.4 Å². The van der Waals surface area contributed by atoms with E-state index < -0.39 is 0 Å². The highest BCUT2D eigenvalue weighted by Crippen LogP contribution is 2.41. The number of ether oxygens (including phenoxy) is 3. The maximum absolute atomic E-state index is 13.0. The molecule has 2 aliphatic rings. The van der Waals surface area contributed by atoms with E-state index in [2.05, 4.69) is 11.8 Å². The fourth-order valence-corrected chi connectivity index (χ4v) is 4.14. The average Bonchev–Trinajstić information content (AvgIpc) is 3.07. The molecule has 2 aromatic rings. The Morgan fingerprint density at radius 1 is 1.20 bits per heavy atom. The molecule has 4 rings (SSSR count). The zero-order chi connectivity index (χ0) is 21.3. The van der Waals surface area contributed by atoms with Gasteiger partial charge in [0.1, 0.15) is 23.0 Å². The molecule has 1 N–H and O–H groups in total. The van der Waals surface area contributed by atoms with Crippen molar-refractivity contribution in [2.75, 3.05) is 20.8 Å². The highest BCUT2D eigenvalue weighted by Gasteiger charge is 2.32. The third-order valence-electron chi connectivity index (χ3n) is 5.94. The van der Waals surface area contributed by atoms with Crippen LogP contribution in [-0.2, 0) is 6.54 Å². The molecule has 0 aromatic heterocycles. The third kappa shape index (κ3) is 3.75. The van der Waals surface area contributed by atoms with Gasteiger partial charge in [0.2, 0.25) is 5.78 Å². The Morgan fingerprint density at radius 3 is 2.77 bits per heavy atom. The summed E-state index contributed by atoms with van der Waals surface area (Å²) in [7, 11) is 3.16. The first-order valence-corrected chi connectivity index (χ1v) is 10.3. The molecule has 1 saturated heterocycles. The number of rotatable bonds is 5. The van der Waals surface area contributed by atoms with Gasteiger partial charge in [-0.05, 0) is 62.7 Å². The number of hydrogen-bond acceptors (Lipinski definition) is 6. The summed E-state index contributed by atoms with van der Waals surface area (Å²) in [5.74, 6) is 1.87. The standard InChI is InChI=1S/C24H27NO5/c1-15-6-4-5-11-25(15)14-19-20(26)9-8-18-23(27)22(30-24(18)19)13-16-12-17(28-2)7-10-21(16)29-3/h7-10,12-13,15,26H,4-6,11,14H2,1-3H3/b22-13-/t15-/m1/s1. The molecule has 158 valence electrons. The summed E-state index contributed by atoms with van der Waals surface area (Å²) < 4.78 is 16.7. The first-order chi connectivity index (χ1) is 14.5. The van der Waals surface area contributed by atoms with Gasteiger partial charge >= 0.3 is 0 Å². The SMILES string of the molecule is COc1ccc(OC)c(/C=C2\Oc3c(ccc(O)c3CN3CCCC[C@H]3C)C2=O)c1. The van der Waals surface area contributed by atoms with Crippen LogP contribution in [0.15, 0.2) is 36.1 Å². The molecule has 0 saturated carbocycles. The van der Waals surface area contributed by atoms with Crippen LogP contribution in [0.2, 0.25) is 0 Å². The number of piperidine rings is 1. The van der Waals surface area contributed by atoms with E-state index in [1.165, 1.54) is 6.42 Å². The van der Waals surface area contributed by atoms with Gasteiger partial charge in [0.15, 0.2) is 5.76 Å². The number of fused-ring (bicyclic) bond motifs is 1. The van der Waals surface area contributed by atoms with E-state index in [-0.39, 0.29) is 17.3 Å². The maximum atomic E-state index is 13.0. The monoisotopic (exact) mass is 409 g/mol. The molecule has 0 radical (unpaired) electrons. The minimum atomic E-state index is -0.206. The zero-order valence-corrected chi connectivity index (χ0v) is 17.6. The van der Waals surface area contributed by atoms with Crippen LogP contribution in [0, 0.1) is 0 Å². The zero-order valence-electron chi connectivity index (χ0n) is 17.6. The number of hydrogen-bond donors (Lipinski definition) is 1. The maximum Gasteiger partial charge on any atom is 0.231 e. The number of likely N-dealkylation sites (tertiary alicyclic amines) is 1. The lowest BCUT2D eigenvalue weighted by atomic mass is 10.0. The van der Waals surface area contributed by atoms with Crippen LogP contribution in [0.25, 0.3) is 6.08 Å². The second-order valence-corrected chi connectivity index (χ2v) is 7.80. The quantitative estimate of drug-likeness (QED) is 0.739. The summed E-state index contributed by atoms with van der Waals surface area (Å²) in [6.07, 6.45) is 5.16. The van der Waals surface area contributed by atoms with Gasteiger partial charge in [-0.15, -0.1) is 0 Å². The first kappa shape index (κ1) is 20.3. The Morgan fingerprint density at radius 2 is 2.03 bits per heavy atom. The van der Waals surface area contributed by atoms with Crippen LogP contribution in [0.3, 0.4) is 0 Å². The lowest BCUT2D eigenvalue weighted by Crippen LogP contribution is -2.36. The van der Waals surface area contributed by atoms with Gasteiger partial charge in [0, 0.05) is 18.2 Å². The molecule has 0 amide bonds. The van der Waals surface area contributed by atoms with Crippen molar-refractivity contribution >= 4 is 11.9 Å². The Hall–Kier alpha value is -2.99. The fraction of sp³-hybridized carbons (Fsp3) is 0.375. The lowest BCUT2D eigenvalue weighted by molar-refractivity contribution is 0.101. The van der Waals surface area contributed by atoms with Crippen LogP contribution >= 0.6 is 0 Å². The minimum Gasteiger partial charge on any atom is -0.507 e. The van der Waals surface area contributed by atoms with Gasteiger partial charge in [-0.25, -0.2) is 0 Å². The van der Waals surface area contributed by atoms with Crippen molar-refractivity contribution < 1.29 is 24.1 Å². The number of allylic oxidation sites excluding steroid dienone is 1. The van der Waals surface area contributed by atoms with E-state index in [1.54, 1.807) is 50.6 Å². The first-order valence-electron chi connectivity index (χ1n) is 10.3. The van der Waals surface area contributed by atoms with Crippen molar-refractivity contribution in [2.45, 2.75) is 38.8 Å². The number of carbonyl (C=O) groups is 1. The Bertz CT molecular complexity index is 997. The van der Waals surface area contributed by atoms with E-state index in [4.69, 9.17) is 14.2 Å². The molecule has 0 bridgehead atoms. The van der Waals surface area contributed by atoms with Crippen LogP contribution in [0.4, 0.5) is 0 Å². The molecular weight excluding hydrogens is 382 g/mol. The Labute approximate surface area is 176 Å². The normalized spacial score (nSPS) is 20.2. The van der Waals surface area contributed by atoms with E-state index in [9.17, 15) is 9.90 Å². The van der Waals surface area contributed by atoms with Gasteiger partial charge in [0.05, 0.1) is 25.3 Å².